The van der Waals surface area contributed by atoms with Crippen molar-refractivity contribution >= 4 is 22.2 Å². The summed E-state index contributed by atoms with van der Waals surface area (Å²) in [6, 6.07) is 6.61. The predicted molar refractivity (Wildman–Crippen MR) is 87.0 cm³/mol. The van der Waals surface area contributed by atoms with E-state index in [1.165, 1.54) is 34.6 Å². The Morgan fingerprint density at radius 1 is 1.23 bits per heavy atom. The lowest BCUT2D eigenvalue weighted by Gasteiger charge is -2.26. The minimum atomic E-state index is -0.231. The molecule has 22 heavy (non-hydrogen) atoms. The molecule has 0 bridgehead atoms. The van der Waals surface area contributed by atoms with Gasteiger partial charge in [0.25, 0.3) is 0 Å². The highest BCUT2D eigenvalue weighted by atomic mass is 32.1. The number of benzene rings is 1. The summed E-state index contributed by atoms with van der Waals surface area (Å²) >= 11 is 1.74. The minimum Gasteiger partial charge on any atom is -0.317 e. The van der Waals surface area contributed by atoms with Crippen LogP contribution in [-0.2, 0) is 17.6 Å². The number of thiophene rings is 1. The zero-order chi connectivity index (χ0) is 15.3. The molecule has 0 saturated carbocycles. The Morgan fingerprint density at radius 2 is 2.00 bits per heavy atom. The van der Waals surface area contributed by atoms with Gasteiger partial charge in [0.1, 0.15) is 5.82 Å². The van der Waals surface area contributed by atoms with E-state index in [9.17, 15) is 9.18 Å². The molecule has 0 fully saturated rings. The summed E-state index contributed by atoms with van der Waals surface area (Å²) in [5.41, 5.74) is 3.77. The van der Waals surface area contributed by atoms with Crippen molar-refractivity contribution in [2.24, 2.45) is 5.92 Å². The lowest BCUT2D eigenvalue weighted by Crippen LogP contribution is -2.23. The fraction of sp³-hybridized carbons (Fsp3) is 0.389. The lowest BCUT2D eigenvalue weighted by molar-refractivity contribution is -0.116. The number of amides is 1. The van der Waals surface area contributed by atoms with E-state index in [1.54, 1.807) is 11.3 Å². The first-order chi connectivity index (χ1) is 10.6. The molecule has 1 aromatic heterocycles. The van der Waals surface area contributed by atoms with Gasteiger partial charge in [0.2, 0.25) is 5.91 Å². The summed E-state index contributed by atoms with van der Waals surface area (Å²) in [6.45, 7) is 2.29. The predicted octanol–water partition coefficient (Wildman–Crippen LogP) is 4.49. The molecule has 1 aliphatic carbocycles. The molecular weight excluding hydrogens is 297 g/mol. The van der Waals surface area contributed by atoms with E-state index < -0.39 is 0 Å². The number of rotatable bonds is 1. The Bertz CT molecular complexity index is 734. The third kappa shape index (κ3) is 2.26. The largest absolute Gasteiger partial charge is 0.317 e. The van der Waals surface area contributed by atoms with Gasteiger partial charge in [0, 0.05) is 17.2 Å². The second-order valence-electron chi connectivity index (χ2n) is 6.45. The number of halogens is 1. The molecule has 1 amide bonds. The summed E-state index contributed by atoms with van der Waals surface area (Å²) in [4.78, 5) is 13.5. The van der Waals surface area contributed by atoms with Crippen LogP contribution in [0.2, 0.25) is 0 Å². The van der Waals surface area contributed by atoms with Gasteiger partial charge in [-0.25, -0.2) is 4.39 Å². The minimum absolute atomic E-state index is 0.0634. The third-order valence-electron chi connectivity index (χ3n) is 4.82. The Morgan fingerprint density at radius 3 is 2.77 bits per heavy atom. The maximum absolute atomic E-state index is 13.2. The fourth-order valence-electron chi connectivity index (χ4n) is 3.68. The normalized spacial score (nSPS) is 23.6. The topological polar surface area (TPSA) is 29.1 Å². The van der Waals surface area contributed by atoms with Crippen LogP contribution in [0.3, 0.4) is 0 Å². The van der Waals surface area contributed by atoms with E-state index in [-0.39, 0.29) is 17.6 Å². The molecule has 2 aliphatic rings. The maximum Gasteiger partial charge on any atom is 0.225 e. The molecule has 2 nitrogen and oxygen atoms in total. The number of carbonyl (C=O) groups excluding carboxylic acids is 1. The second kappa shape index (κ2) is 5.20. The standard InChI is InChI=1S/C18H18FNOS/c1-10-2-7-13-15(8-10)22-18-17(13)14(9-16(21)20-18)11-3-5-12(19)6-4-11/h3-6,10,14H,2,7-9H2,1H3,(H,20,21)/t10-,14+/m0/s1. The number of hydrogen-bond donors (Lipinski definition) is 1. The summed E-state index contributed by atoms with van der Waals surface area (Å²) in [7, 11) is 0. The summed E-state index contributed by atoms with van der Waals surface area (Å²) in [5.74, 6) is 0.615. The molecule has 4 rings (SSSR count). The monoisotopic (exact) mass is 315 g/mol. The number of nitrogens with one attached hydrogen (secondary N) is 1. The smallest absolute Gasteiger partial charge is 0.225 e. The lowest BCUT2D eigenvalue weighted by atomic mass is 9.80. The van der Waals surface area contributed by atoms with Gasteiger partial charge in [0.05, 0.1) is 5.00 Å². The van der Waals surface area contributed by atoms with Gasteiger partial charge < -0.3 is 5.32 Å². The van der Waals surface area contributed by atoms with Gasteiger partial charge in [-0.15, -0.1) is 11.3 Å². The van der Waals surface area contributed by atoms with Crippen LogP contribution in [0.4, 0.5) is 9.39 Å². The van der Waals surface area contributed by atoms with Crippen LogP contribution in [0.15, 0.2) is 24.3 Å². The highest BCUT2D eigenvalue weighted by molar-refractivity contribution is 7.16. The average molecular weight is 315 g/mol. The van der Waals surface area contributed by atoms with Crippen molar-refractivity contribution in [2.75, 3.05) is 5.32 Å². The average Bonchev–Trinajstić information content (AvgIpc) is 2.84. The Kier molecular flexibility index (Phi) is 3.30. The Balaban J connectivity index is 1.82. The molecule has 1 aliphatic heterocycles. The van der Waals surface area contributed by atoms with E-state index in [0.717, 1.165) is 23.4 Å². The van der Waals surface area contributed by atoms with Crippen LogP contribution in [-0.4, -0.2) is 5.91 Å². The number of carbonyl (C=O) groups is 1. The van der Waals surface area contributed by atoms with Crippen LogP contribution in [0, 0.1) is 11.7 Å². The first kappa shape index (κ1) is 13.9. The number of hydrogen-bond acceptors (Lipinski definition) is 2. The zero-order valence-corrected chi connectivity index (χ0v) is 13.3. The van der Waals surface area contributed by atoms with Gasteiger partial charge in [-0.2, -0.15) is 0 Å². The number of anilines is 1. The molecule has 4 heteroatoms. The summed E-state index contributed by atoms with van der Waals surface area (Å²) in [6.07, 6.45) is 3.87. The van der Waals surface area contributed by atoms with Crippen LogP contribution < -0.4 is 5.32 Å². The van der Waals surface area contributed by atoms with Gasteiger partial charge in [0.15, 0.2) is 0 Å². The second-order valence-corrected chi connectivity index (χ2v) is 7.56. The molecule has 2 atom stereocenters. The van der Waals surface area contributed by atoms with Crippen molar-refractivity contribution in [3.05, 3.63) is 51.7 Å². The Hall–Kier alpha value is -1.68. The van der Waals surface area contributed by atoms with E-state index in [2.05, 4.69) is 12.2 Å². The summed E-state index contributed by atoms with van der Waals surface area (Å²) < 4.78 is 13.2. The first-order valence-electron chi connectivity index (χ1n) is 7.81. The quantitative estimate of drug-likeness (QED) is 0.825. The van der Waals surface area contributed by atoms with Gasteiger partial charge in [-0.05, 0) is 54.0 Å². The van der Waals surface area contributed by atoms with Crippen molar-refractivity contribution in [3.8, 4) is 0 Å². The molecule has 1 aromatic carbocycles. The molecule has 0 spiro atoms. The molecule has 0 saturated heterocycles. The molecule has 1 N–H and O–H groups in total. The first-order valence-corrected chi connectivity index (χ1v) is 8.63. The van der Waals surface area contributed by atoms with E-state index >= 15 is 0 Å². The number of fused-ring (bicyclic) bond motifs is 3. The van der Waals surface area contributed by atoms with E-state index in [1.807, 2.05) is 12.1 Å². The maximum atomic E-state index is 13.2. The van der Waals surface area contributed by atoms with Crippen LogP contribution in [0.25, 0.3) is 0 Å². The molecule has 0 radical (unpaired) electrons. The highest BCUT2D eigenvalue weighted by Gasteiger charge is 2.34. The van der Waals surface area contributed by atoms with Crippen molar-refractivity contribution in [1.82, 2.24) is 0 Å². The molecule has 114 valence electrons. The Labute approximate surface area is 133 Å². The zero-order valence-electron chi connectivity index (χ0n) is 12.5. The molecule has 0 unspecified atom stereocenters. The fourth-order valence-corrected chi connectivity index (χ4v) is 5.17. The van der Waals surface area contributed by atoms with E-state index in [0.29, 0.717) is 12.3 Å². The van der Waals surface area contributed by atoms with Crippen LogP contribution >= 0.6 is 11.3 Å². The van der Waals surface area contributed by atoms with Crippen molar-refractivity contribution in [3.63, 3.8) is 0 Å². The van der Waals surface area contributed by atoms with Crippen molar-refractivity contribution in [2.45, 2.75) is 38.5 Å². The summed E-state index contributed by atoms with van der Waals surface area (Å²) in [5, 5.41) is 4.07. The van der Waals surface area contributed by atoms with Crippen LogP contribution in [0.1, 0.15) is 47.3 Å². The third-order valence-corrected chi connectivity index (χ3v) is 6.00. The van der Waals surface area contributed by atoms with Gasteiger partial charge in [-0.3, -0.25) is 4.79 Å². The van der Waals surface area contributed by atoms with Crippen molar-refractivity contribution in [1.29, 1.82) is 0 Å². The van der Waals surface area contributed by atoms with Gasteiger partial charge >= 0.3 is 0 Å². The molecular formula is C18H18FNOS. The SMILES string of the molecule is C[C@H]1CCc2c(sc3c2[C@@H](c2ccc(F)cc2)CC(=O)N3)C1. The molecule has 2 aromatic rings. The highest BCUT2D eigenvalue weighted by Crippen LogP contribution is 2.48. The molecule has 2 heterocycles. The van der Waals surface area contributed by atoms with Crippen molar-refractivity contribution < 1.29 is 9.18 Å². The van der Waals surface area contributed by atoms with Gasteiger partial charge in [-0.1, -0.05) is 19.1 Å². The van der Waals surface area contributed by atoms with E-state index in [4.69, 9.17) is 0 Å². The van der Waals surface area contributed by atoms with Crippen LogP contribution in [0.5, 0.6) is 0 Å².